The van der Waals surface area contributed by atoms with Crippen molar-refractivity contribution in [1.29, 1.82) is 0 Å². The second-order valence-electron chi connectivity index (χ2n) is 8.16. The molecule has 5 rings (SSSR count). The number of unbranched alkanes of at least 4 members (excludes halogenated alkanes) is 1. The van der Waals surface area contributed by atoms with Crippen molar-refractivity contribution in [2.24, 2.45) is 0 Å². The lowest BCUT2D eigenvalue weighted by molar-refractivity contribution is 0.0650. The molecule has 0 radical (unpaired) electrons. The van der Waals surface area contributed by atoms with Crippen LogP contribution in [0.3, 0.4) is 0 Å². The highest BCUT2D eigenvalue weighted by molar-refractivity contribution is 6.37. The summed E-state index contributed by atoms with van der Waals surface area (Å²) in [6.07, 6.45) is 7.19. The molecule has 2 aromatic carbocycles. The maximum atomic E-state index is 12.6. The molecule has 158 valence electrons. The molecule has 6 heteroatoms. The Bertz CT molecular complexity index is 1200. The van der Waals surface area contributed by atoms with Crippen LogP contribution < -0.4 is 0 Å². The molecule has 31 heavy (non-hydrogen) atoms. The molecule has 0 atom stereocenters. The quantitative estimate of drug-likeness (QED) is 0.440. The molecule has 0 saturated heterocycles. The summed E-state index contributed by atoms with van der Waals surface area (Å²) in [6, 6.07) is 13.5. The molecule has 0 unspecified atom stereocenters. The molecule has 2 aliphatic rings. The van der Waals surface area contributed by atoms with Crippen LogP contribution >= 0.6 is 11.6 Å². The fourth-order valence-electron chi connectivity index (χ4n) is 4.60. The van der Waals surface area contributed by atoms with Crippen LogP contribution in [0.15, 0.2) is 54.7 Å². The predicted octanol–water partition coefficient (Wildman–Crippen LogP) is 4.99. The minimum Gasteiger partial charge on any atom is -0.361 e. The number of fused-ring (bicyclic) bond motifs is 2. The number of nitrogens with one attached hydrogen (secondary N) is 1. The van der Waals surface area contributed by atoms with E-state index in [0.717, 1.165) is 38.9 Å². The maximum absolute atomic E-state index is 12.6. The van der Waals surface area contributed by atoms with Crippen molar-refractivity contribution in [1.82, 2.24) is 14.8 Å². The molecule has 3 heterocycles. The lowest BCUT2D eigenvalue weighted by Crippen LogP contribution is -2.32. The number of benzene rings is 2. The zero-order valence-electron chi connectivity index (χ0n) is 17.2. The molecule has 0 aliphatic carbocycles. The van der Waals surface area contributed by atoms with Crippen molar-refractivity contribution >= 4 is 39.9 Å². The van der Waals surface area contributed by atoms with Crippen LogP contribution in [0, 0.1) is 0 Å². The summed E-state index contributed by atoms with van der Waals surface area (Å²) in [5.74, 6) is -0.498. The van der Waals surface area contributed by atoms with Gasteiger partial charge in [0.1, 0.15) is 0 Å². The first-order valence-electron chi connectivity index (χ1n) is 10.8. The number of hydrogen-bond acceptors (Lipinski definition) is 3. The van der Waals surface area contributed by atoms with E-state index in [1.165, 1.54) is 26.9 Å². The lowest BCUT2D eigenvalue weighted by atomic mass is 9.99. The number of imide groups is 1. The number of H-pyrrole nitrogens is 1. The topological polar surface area (TPSA) is 56.4 Å². The maximum Gasteiger partial charge on any atom is 0.263 e. The van der Waals surface area contributed by atoms with Crippen LogP contribution in [-0.2, 0) is 0 Å². The van der Waals surface area contributed by atoms with E-state index >= 15 is 0 Å². The van der Waals surface area contributed by atoms with Gasteiger partial charge >= 0.3 is 0 Å². The Kier molecular flexibility index (Phi) is 5.38. The number of halogens is 1. The van der Waals surface area contributed by atoms with Crippen molar-refractivity contribution in [3.63, 3.8) is 0 Å². The Morgan fingerprint density at radius 2 is 1.77 bits per heavy atom. The van der Waals surface area contributed by atoms with Gasteiger partial charge in [-0.1, -0.05) is 41.9 Å². The number of aromatic amines is 1. The lowest BCUT2D eigenvalue weighted by Gasteiger charge is -2.26. The average molecular weight is 434 g/mol. The van der Waals surface area contributed by atoms with Crippen LogP contribution in [0.4, 0.5) is 0 Å². The number of carbonyl (C=O) groups excluding carboxylic acids is 2. The molecule has 0 fully saturated rings. The first kappa shape index (κ1) is 20.0. The summed E-state index contributed by atoms with van der Waals surface area (Å²) in [5.41, 5.74) is 4.65. The second kappa shape index (κ2) is 8.33. The smallest absolute Gasteiger partial charge is 0.263 e. The number of para-hydroxylation sites is 1. The van der Waals surface area contributed by atoms with Crippen molar-refractivity contribution < 1.29 is 9.59 Å². The third kappa shape index (κ3) is 3.68. The molecule has 1 aromatic heterocycles. The Hall–Kier alpha value is -2.89. The van der Waals surface area contributed by atoms with Crippen molar-refractivity contribution in [2.75, 3.05) is 26.2 Å². The van der Waals surface area contributed by atoms with Crippen molar-refractivity contribution in [3.05, 3.63) is 76.5 Å². The normalized spacial score (nSPS) is 16.8. The van der Waals surface area contributed by atoms with E-state index in [1.807, 2.05) is 0 Å². The van der Waals surface area contributed by atoms with Gasteiger partial charge in [0.2, 0.25) is 0 Å². The van der Waals surface area contributed by atoms with E-state index < -0.39 is 0 Å². The van der Waals surface area contributed by atoms with Crippen LogP contribution in [0.1, 0.15) is 45.5 Å². The minimum atomic E-state index is -0.269. The van der Waals surface area contributed by atoms with Gasteiger partial charge in [-0.05, 0) is 49.6 Å². The Morgan fingerprint density at radius 3 is 2.58 bits per heavy atom. The second-order valence-corrected chi connectivity index (χ2v) is 8.57. The van der Waals surface area contributed by atoms with Crippen LogP contribution in [0.2, 0.25) is 5.02 Å². The zero-order chi connectivity index (χ0) is 21.4. The van der Waals surface area contributed by atoms with Crippen LogP contribution in [-0.4, -0.2) is 52.8 Å². The van der Waals surface area contributed by atoms with E-state index in [1.54, 1.807) is 18.2 Å². The molecule has 3 aromatic rings. The number of rotatable bonds is 6. The van der Waals surface area contributed by atoms with Gasteiger partial charge in [0.05, 0.1) is 16.1 Å². The molecule has 0 saturated carbocycles. The summed E-state index contributed by atoms with van der Waals surface area (Å²) < 4.78 is 0. The van der Waals surface area contributed by atoms with Crippen LogP contribution in [0.25, 0.3) is 16.5 Å². The number of hydrogen-bond donors (Lipinski definition) is 1. The third-order valence-corrected chi connectivity index (χ3v) is 6.60. The van der Waals surface area contributed by atoms with Gasteiger partial charge in [0, 0.05) is 42.3 Å². The standard InChI is InChI=1S/C25H24ClN3O2/c26-21-8-5-7-19-23(21)25(31)29(24(19)30)13-4-3-12-28-14-10-17(11-15-28)20-16-27-22-9-2-1-6-18(20)22/h1-2,5-10,16,27H,3-4,11-15H2. The number of aromatic nitrogens is 1. The highest BCUT2D eigenvalue weighted by atomic mass is 35.5. The van der Waals surface area contributed by atoms with Crippen molar-refractivity contribution in [3.8, 4) is 0 Å². The highest BCUT2D eigenvalue weighted by Gasteiger charge is 2.36. The summed E-state index contributed by atoms with van der Waals surface area (Å²) in [7, 11) is 0. The molecule has 1 N–H and O–H groups in total. The highest BCUT2D eigenvalue weighted by Crippen LogP contribution is 2.30. The van der Waals surface area contributed by atoms with E-state index in [9.17, 15) is 9.59 Å². The van der Waals surface area contributed by atoms with E-state index in [-0.39, 0.29) is 11.8 Å². The average Bonchev–Trinajstić information content (AvgIpc) is 3.32. The van der Waals surface area contributed by atoms with E-state index in [4.69, 9.17) is 11.6 Å². The number of carbonyl (C=O) groups is 2. The molecule has 2 amide bonds. The summed E-state index contributed by atoms with van der Waals surface area (Å²) in [6.45, 7) is 3.35. The Labute approximate surface area is 186 Å². The number of amides is 2. The summed E-state index contributed by atoms with van der Waals surface area (Å²) >= 11 is 6.13. The molecule has 5 nitrogen and oxygen atoms in total. The molecule has 0 bridgehead atoms. The van der Waals surface area contributed by atoms with Crippen molar-refractivity contribution in [2.45, 2.75) is 19.3 Å². The largest absolute Gasteiger partial charge is 0.361 e. The summed E-state index contributed by atoms with van der Waals surface area (Å²) in [5, 5.41) is 1.63. The summed E-state index contributed by atoms with van der Waals surface area (Å²) in [4.78, 5) is 32.2. The number of nitrogens with zero attached hydrogens (tertiary/aromatic N) is 2. The monoisotopic (exact) mass is 433 g/mol. The molecule has 0 spiro atoms. The fourth-order valence-corrected chi connectivity index (χ4v) is 4.85. The molecular weight excluding hydrogens is 410 g/mol. The van der Waals surface area contributed by atoms with Crippen LogP contribution in [0.5, 0.6) is 0 Å². The van der Waals surface area contributed by atoms with Gasteiger partial charge in [-0.2, -0.15) is 0 Å². The minimum absolute atomic E-state index is 0.230. The Morgan fingerprint density at radius 1 is 0.935 bits per heavy atom. The van der Waals surface area contributed by atoms with Gasteiger partial charge in [-0.25, -0.2) is 0 Å². The molecule has 2 aliphatic heterocycles. The van der Waals surface area contributed by atoms with Gasteiger partial charge in [0.15, 0.2) is 0 Å². The Balaban J connectivity index is 1.13. The SMILES string of the molecule is O=C1c2cccc(Cl)c2C(=O)N1CCCCN1CC=C(c2c[nH]c3ccccc23)CC1. The first-order chi connectivity index (χ1) is 15.1. The molecular formula is C25H24ClN3O2. The fraction of sp³-hybridized carbons (Fsp3) is 0.280. The van der Waals surface area contributed by atoms with E-state index in [2.05, 4.69) is 46.4 Å². The van der Waals surface area contributed by atoms with Gasteiger partial charge in [-0.15, -0.1) is 0 Å². The first-order valence-corrected chi connectivity index (χ1v) is 11.1. The predicted molar refractivity (Wildman–Crippen MR) is 123 cm³/mol. The third-order valence-electron chi connectivity index (χ3n) is 6.28. The van der Waals surface area contributed by atoms with Gasteiger partial charge in [0.25, 0.3) is 11.8 Å². The zero-order valence-corrected chi connectivity index (χ0v) is 18.0. The van der Waals surface area contributed by atoms with E-state index in [0.29, 0.717) is 22.7 Å². The van der Waals surface area contributed by atoms with Gasteiger partial charge in [-0.3, -0.25) is 19.4 Å². The van der Waals surface area contributed by atoms with Gasteiger partial charge < -0.3 is 4.98 Å².